The van der Waals surface area contributed by atoms with Crippen molar-refractivity contribution >= 4 is 0 Å². The van der Waals surface area contributed by atoms with Crippen LogP contribution in [0.15, 0.2) is 30.5 Å². The van der Waals surface area contributed by atoms with Gasteiger partial charge in [-0.15, -0.1) is 0 Å². The van der Waals surface area contributed by atoms with E-state index >= 15 is 0 Å². The first-order chi connectivity index (χ1) is 9.88. The molecule has 0 fully saturated rings. The molecule has 0 saturated carbocycles. The molecule has 106 valence electrons. The summed E-state index contributed by atoms with van der Waals surface area (Å²) in [7, 11) is 0. The van der Waals surface area contributed by atoms with Gasteiger partial charge >= 0.3 is 0 Å². The summed E-state index contributed by atoms with van der Waals surface area (Å²) in [5.41, 5.74) is 3.66. The maximum Gasteiger partial charge on any atom is 0.0994 e. The minimum Gasteiger partial charge on any atom is -0.373 e. The molecule has 2 heterocycles. The van der Waals surface area contributed by atoms with E-state index in [1.165, 1.54) is 11.1 Å². The Labute approximate surface area is 118 Å². The molecule has 0 amide bonds. The van der Waals surface area contributed by atoms with E-state index < -0.39 is 0 Å². The molecule has 0 radical (unpaired) electrons. The van der Waals surface area contributed by atoms with E-state index in [0.717, 1.165) is 31.7 Å². The molecule has 2 N–H and O–H groups in total. The molecule has 5 heteroatoms. The summed E-state index contributed by atoms with van der Waals surface area (Å²) in [5, 5.41) is 14.3. The van der Waals surface area contributed by atoms with Gasteiger partial charge in [0.2, 0.25) is 0 Å². The van der Waals surface area contributed by atoms with E-state index in [1.807, 2.05) is 0 Å². The number of H-pyrrole nitrogens is 1. The highest BCUT2D eigenvalue weighted by molar-refractivity contribution is 5.31. The molecule has 0 spiro atoms. The number of aromatic nitrogens is 3. The maximum atomic E-state index is 5.98. The zero-order chi connectivity index (χ0) is 13.8. The topological polar surface area (TPSA) is 62.8 Å². The molecule has 1 aliphatic heterocycles. The fraction of sp³-hybridized carbons (Fsp3) is 0.467. The average Bonchev–Trinajstić information content (AvgIpc) is 3.01. The molecule has 0 aliphatic carbocycles. The van der Waals surface area contributed by atoms with Gasteiger partial charge < -0.3 is 10.1 Å². The Morgan fingerprint density at radius 3 is 3.15 bits per heavy atom. The first kappa shape index (κ1) is 13.3. The number of nitrogens with zero attached hydrogens (tertiary/aromatic N) is 2. The van der Waals surface area contributed by atoms with Gasteiger partial charge in [-0.25, -0.2) is 0 Å². The molecule has 0 saturated heterocycles. The van der Waals surface area contributed by atoms with Gasteiger partial charge in [0.25, 0.3) is 0 Å². The second kappa shape index (κ2) is 6.15. The van der Waals surface area contributed by atoms with Crippen LogP contribution in [0.5, 0.6) is 0 Å². The van der Waals surface area contributed by atoms with Gasteiger partial charge in [0.1, 0.15) is 0 Å². The molecule has 20 heavy (non-hydrogen) atoms. The Balaban J connectivity index is 1.79. The van der Waals surface area contributed by atoms with Crippen molar-refractivity contribution in [3.63, 3.8) is 0 Å². The first-order valence-electron chi connectivity index (χ1n) is 7.17. The molecule has 1 aromatic carbocycles. The van der Waals surface area contributed by atoms with E-state index in [-0.39, 0.29) is 12.1 Å². The Kier molecular flexibility index (Phi) is 4.08. The molecule has 5 nitrogen and oxygen atoms in total. The third-order valence-corrected chi connectivity index (χ3v) is 3.78. The van der Waals surface area contributed by atoms with E-state index in [2.05, 4.69) is 51.9 Å². The lowest BCUT2D eigenvalue weighted by molar-refractivity contribution is 0.0291. The molecule has 1 aromatic heterocycles. The van der Waals surface area contributed by atoms with Crippen LogP contribution < -0.4 is 5.32 Å². The third kappa shape index (κ3) is 2.73. The third-order valence-electron chi connectivity index (χ3n) is 3.78. The van der Waals surface area contributed by atoms with Gasteiger partial charge in [-0.3, -0.25) is 0 Å². The van der Waals surface area contributed by atoms with E-state index in [1.54, 1.807) is 6.20 Å². The summed E-state index contributed by atoms with van der Waals surface area (Å²) in [6.07, 6.45) is 3.78. The quantitative estimate of drug-likeness (QED) is 0.875. The highest BCUT2D eigenvalue weighted by Crippen LogP contribution is 2.33. The van der Waals surface area contributed by atoms with Crippen molar-refractivity contribution in [3.8, 4) is 0 Å². The highest BCUT2D eigenvalue weighted by Gasteiger charge is 2.25. The predicted octanol–water partition coefficient (Wildman–Crippen LogP) is 2.16. The summed E-state index contributed by atoms with van der Waals surface area (Å²) in [4.78, 5) is 0. The lowest BCUT2D eigenvalue weighted by atomic mass is 9.93. The van der Waals surface area contributed by atoms with E-state index in [0.29, 0.717) is 0 Å². The van der Waals surface area contributed by atoms with Crippen molar-refractivity contribution in [3.05, 3.63) is 47.3 Å². The normalized spacial score (nSPS) is 19.6. The van der Waals surface area contributed by atoms with Crippen LogP contribution in [-0.2, 0) is 11.2 Å². The average molecular weight is 272 g/mol. The molecule has 2 unspecified atom stereocenters. The lowest BCUT2D eigenvalue weighted by Gasteiger charge is -2.29. The van der Waals surface area contributed by atoms with Gasteiger partial charge in [-0.05, 0) is 30.5 Å². The van der Waals surface area contributed by atoms with Crippen molar-refractivity contribution in [2.45, 2.75) is 31.9 Å². The maximum absolute atomic E-state index is 5.98. The standard InChI is InChI=1S/C15H20N4O/c1-2-16-13(14-10-17-19-18-14)9-15-12-6-4-3-5-11(12)7-8-20-15/h3-6,10,13,15-16H,2,7-9H2,1H3,(H,17,18,19). The Bertz CT molecular complexity index is 541. The van der Waals surface area contributed by atoms with Crippen LogP contribution in [0, 0.1) is 0 Å². The minimum atomic E-state index is 0.126. The van der Waals surface area contributed by atoms with Crippen molar-refractivity contribution in [2.24, 2.45) is 0 Å². The van der Waals surface area contributed by atoms with Crippen molar-refractivity contribution in [1.82, 2.24) is 20.7 Å². The molecule has 2 aromatic rings. The summed E-state index contributed by atoms with van der Waals surface area (Å²) < 4.78 is 5.98. The summed E-state index contributed by atoms with van der Waals surface area (Å²) in [5.74, 6) is 0. The smallest absolute Gasteiger partial charge is 0.0994 e. The number of nitrogens with one attached hydrogen (secondary N) is 2. The van der Waals surface area contributed by atoms with Crippen LogP contribution in [0.3, 0.4) is 0 Å². The molecule has 2 atom stereocenters. The van der Waals surface area contributed by atoms with Gasteiger partial charge in [0, 0.05) is 0 Å². The largest absolute Gasteiger partial charge is 0.373 e. The first-order valence-corrected chi connectivity index (χ1v) is 7.17. The van der Waals surface area contributed by atoms with Crippen LogP contribution in [0.4, 0.5) is 0 Å². The van der Waals surface area contributed by atoms with Gasteiger partial charge in [0.05, 0.1) is 30.6 Å². The zero-order valence-electron chi connectivity index (χ0n) is 11.7. The van der Waals surface area contributed by atoms with Crippen LogP contribution in [0.1, 0.15) is 42.3 Å². The SMILES string of the molecule is CCNC(CC1OCCc2ccccc21)c1cn[nH]n1. The van der Waals surface area contributed by atoms with Gasteiger partial charge in [-0.1, -0.05) is 31.2 Å². The molecule has 0 bridgehead atoms. The van der Waals surface area contributed by atoms with E-state index in [4.69, 9.17) is 4.74 Å². The molecule has 3 rings (SSSR count). The fourth-order valence-corrected chi connectivity index (χ4v) is 2.82. The summed E-state index contributed by atoms with van der Waals surface area (Å²) in [6, 6.07) is 8.71. The Morgan fingerprint density at radius 2 is 2.35 bits per heavy atom. The fourth-order valence-electron chi connectivity index (χ4n) is 2.82. The highest BCUT2D eigenvalue weighted by atomic mass is 16.5. The summed E-state index contributed by atoms with van der Waals surface area (Å²) in [6.45, 7) is 3.79. The van der Waals surface area contributed by atoms with Crippen molar-refractivity contribution < 1.29 is 4.74 Å². The Hall–Kier alpha value is -1.72. The molecular weight excluding hydrogens is 252 g/mol. The monoisotopic (exact) mass is 272 g/mol. The molecular formula is C15H20N4O. The second-order valence-electron chi connectivity index (χ2n) is 5.05. The number of rotatable bonds is 5. The zero-order valence-corrected chi connectivity index (χ0v) is 11.7. The second-order valence-corrected chi connectivity index (χ2v) is 5.05. The van der Waals surface area contributed by atoms with Crippen LogP contribution in [0.2, 0.25) is 0 Å². The van der Waals surface area contributed by atoms with Crippen LogP contribution >= 0.6 is 0 Å². The number of hydrogen-bond acceptors (Lipinski definition) is 4. The van der Waals surface area contributed by atoms with Crippen molar-refractivity contribution in [2.75, 3.05) is 13.2 Å². The predicted molar refractivity (Wildman–Crippen MR) is 76.3 cm³/mol. The van der Waals surface area contributed by atoms with Gasteiger partial charge in [0.15, 0.2) is 0 Å². The number of benzene rings is 1. The van der Waals surface area contributed by atoms with Gasteiger partial charge in [-0.2, -0.15) is 15.4 Å². The van der Waals surface area contributed by atoms with Crippen molar-refractivity contribution in [1.29, 1.82) is 0 Å². The minimum absolute atomic E-state index is 0.126. The lowest BCUT2D eigenvalue weighted by Crippen LogP contribution is -2.26. The number of hydrogen-bond donors (Lipinski definition) is 2. The Morgan fingerprint density at radius 1 is 1.45 bits per heavy atom. The van der Waals surface area contributed by atoms with Crippen LogP contribution in [0.25, 0.3) is 0 Å². The number of aromatic amines is 1. The number of fused-ring (bicyclic) bond motifs is 1. The number of ether oxygens (including phenoxy) is 1. The molecule has 1 aliphatic rings. The summed E-state index contributed by atoms with van der Waals surface area (Å²) >= 11 is 0. The van der Waals surface area contributed by atoms with Crippen LogP contribution in [-0.4, -0.2) is 28.6 Å². The van der Waals surface area contributed by atoms with E-state index in [9.17, 15) is 0 Å².